The molecule has 0 unspecified atom stereocenters. The summed E-state index contributed by atoms with van der Waals surface area (Å²) in [4.78, 5) is 24.3. The summed E-state index contributed by atoms with van der Waals surface area (Å²) in [6.07, 6.45) is 0.748. The van der Waals surface area contributed by atoms with Crippen LogP contribution in [0, 0.1) is 13.8 Å². The van der Waals surface area contributed by atoms with Crippen molar-refractivity contribution in [3.05, 3.63) is 69.2 Å². The molecule has 0 bridgehead atoms. The summed E-state index contributed by atoms with van der Waals surface area (Å²) in [5.41, 5.74) is 3.39. The first kappa shape index (κ1) is 19.2. The number of carbonyl (C=O) groups is 2. The monoisotopic (exact) mass is 403 g/mol. The predicted molar refractivity (Wildman–Crippen MR) is 102 cm³/mol. The first-order chi connectivity index (χ1) is 11.9. The standard InChI is InChI=1S/C20H22BrNO3/c1-4-18(15-8-10-16(21)11-9-15)22-19(23)12-25-20(24)17-7-5-6-13(2)14(17)3/h5-11,18H,4,12H2,1-3H3,(H,22,23)/t18-/m0/s1. The van der Waals surface area contributed by atoms with Crippen LogP contribution in [-0.4, -0.2) is 18.5 Å². The van der Waals surface area contributed by atoms with E-state index < -0.39 is 5.97 Å². The zero-order valence-corrected chi connectivity index (χ0v) is 16.2. The Morgan fingerprint density at radius 1 is 1.12 bits per heavy atom. The van der Waals surface area contributed by atoms with Crippen molar-refractivity contribution in [2.45, 2.75) is 33.2 Å². The normalized spacial score (nSPS) is 11.7. The Kier molecular flexibility index (Phi) is 6.76. The van der Waals surface area contributed by atoms with Crippen molar-refractivity contribution < 1.29 is 14.3 Å². The molecular weight excluding hydrogens is 382 g/mol. The second kappa shape index (κ2) is 8.81. The highest BCUT2D eigenvalue weighted by molar-refractivity contribution is 9.10. The van der Waals surface area contributed by atoms with Crippen molar-refractivity contribution in [1.29, 1.82) is 0 Å². The minimum absolute atomic E-state index is 0.111. The average molecular weight is 404 g/mol. The van der Waals surface area contributed by atoms with E-state index in [1.54, 1.807) is 12.1 Å². The quantitative estimate of drug-likeness (QED) is 0.722. The molecule has 0 saturated heterocycles. The first-order valence-electron chi connectivity index (χ1n) is 8.20. The van der Waals surface area contributed by atoms with Crippen LogP contribution in [-0.2, 0) is 9.53 Å². The summed E-state index contributed by atoms with van der Waals surface area (Å²) >= 11 is 3.40. The molecule has 0 radical (unpaired) electrons. The largest absolute Gasteiger partial charge is 0.452 e. The smallest absolute Gasteiger partial charge is 0.338 e. The Labute approximate surface area is 156 Å². The predicted octanol–water partition coefficient (Wildman–Crippen LogP) is 4.49. The molecule has 25 heavy (non-hydrogen) atoms. The Morgan fingerprint density at radius 3 is 2.44 bits per heavy atom. The molecule has 0 aliphatic rings. The van der Waals surface area contributed by atoms with E-state index >= 15 is 0 Å². The number of nitrogens with one attached hydrogen (secondary N) is 1. The van der Waals surface area contributed by atoms with Crippen LogP contribution in [0.3, 0.4) is 0 Å². The number of hydrogen-bond acceptors (Lipinski definition) is 3. The van der Waals surface area contributed by atoms with E-state index in [-0.39, 0.29) is 18.6 Å². The van der Waals surface area contributed by atoms with Gasteiger partial charge in [-0.25, -0.2) is 4.79 Å². The number of rotatable bonds is 6. The van der Waals surface area contributed by atoms with Crippen molar-refractivity contribution in [1.82, 2.24) is 5.32 Å². The van der Waals surface area contributed by atoms with Crippen LogP contribution in [0.25, 0.3) is 0 Å². The zero-order chi connectivity index (χ0) is 18.4. The third-order valence-corrected chi connectivity index (χ3v) is 4.70. The zero-order valence-electron chi connectivity index (χ0n) is 14.6. The van der Waals surface area contributed by atoms with E-state index in [4.69, 9.17) is 4.74 Å². The molecule has 1 N–H and O–H groups in total. The summed E-state index contributed by atoms with van der Waals surface area (Å²) in [6, 6.07) is 13.1. The molecule has 0 saturated carbocycles. The molecule has 4 nitrogen and oxygen atoms in total. The molecule has 5 heteroatoms. The van der Waals surface area contributed by atoms with Gasteiger partial charge in [-0.2, -0.15) is 0 Å². The summed E-state index contributed by atoms with van der Waals surface area (Å²) in [5, 5.41) is 2.90. The number of ether oxygens (including phenoxy) is 1. The van der Waals surface area contributed by atoms with Gasteiger partial charge in [0.1, 0.15) is 0 Å². The fourth-order valence-electron chi connectivity index (χ4n) is 2.53. The van der Waals surface area contributed by atoms with Crippen LogP contribution in [0.15, 0.2) is 46.9 Å². The van der Waals surface area contributed by atoms with E-state index in [2.05, 4.69) is 21.2 Å². The van der Waals surface area contributed by atoms with Crippen LogP contribution in [0.4, 0.5) is 0 Å². The van der Waals surface area contributed by atoms with Gasteiger partial charge >= 0.3 is 5.97 Å². The molecule has 0 aliphatic heterocycles. The molecule has 0 aromatic heterocycles. The molecule has 2 aromatic carbocycles. The summed E-state index contributed by atoms with van der Waals surface area (Å²) < 4.78 is 6.15. The SMILES string of the molecule is CC[C@H](NC(=O)COC(=O)c1cccc(C)c1C)c1ccc(Br)cc1. The lowest BCUT2D eigenvalue weighted by Gasteiger charge is -2.17. The van der Waals surface area contributed by atoms with Gasteiger partial charge in [0.2, 0.25) is 0 Å². The van der Waals surface area contributed by atoms with Gasteiger partial charge in [0.25, 0.3) is 5.91 Å². The summed E-state index contributed by atoms with van der Waals surface area (Å²) in [5.74, 6) is -0.790. The fraction of sp³-hybridized carbons (Fsp3) is 0.300. The van der Waals surface area contributed by atoms with E-state index in [0.717, 1.165) is 27.6 Å². The molecule has 0 fully saturated rings. The molecular formula is C20H22BrNO3. The molecule has 132 valence electrons. The Hall–Kier alpha value is -2.14. The number of carbonyl (C=O) groups excluding carboxylic acids is 2. The second-order valence-electron chi connectivity index (χ2n) is 5.90. The molecule has 0 aliphatic carbocycles. The number of benzene rings is 2. The Balaban J connectivity index is 1.94. The van der Waals surface area contributed by atoms with Crippen molar-refractivity contribution in [3.8, 4) is 0 Å². The van der Waals surface area contributed by atoms with Crippen LogP contribution in [0.5, 0.6) is 0 Å². The molecule has 2 rings (SSSR count). The minimum atomic E-state index is -0.479. The number of aryl methyl sites for hydroxylation is 1. The third kappa shape index (κ3) is 5.16. The Morgan fingerprint density at radius 2 is 1.80 bits per heavy atom. The maximum absolute atomic E-state index is 12.2. The fourth-order valence-corrected chi connectivity index (χ4v) is 2.80. The van der Waals surface area contributed by atoms with E-state index in [0.29, 0.717) is 5.56 Å². The summed E-state index contributed by atoms with van der Waals surface area (Å²) in [6.45, 7) is 5.50. The van der Waals surface area contributed by atoms with Crippen LogP contribution in [0.1, 0.15) is 46.4 Å². The number of hydrogen-bond donors (Lipinski definition) is 1. The van der Waals surface area contributed by atoms with Crippen molar-refractivity contribution in [2.24, 2.45) is 0 Å². The number of esters is 1. The van der Waals surface area contributed by atoms with Crippen LogP contribution in [0.2, 0.25) is 0 Å². The molecule has 0 heterocycles. The lowest BCUT2D eigenvalue weighted by Crippen LogP contribution is -2.32. The summed E-state index contributed by atoms with van der Waals surface area (Å²) in [7, 11) is 0. The van der Waals surface area contributed by atoms with Gasteiger partial charge < -0.3 is 10.1 Å². The van der Waals surface area contributed by atoms with Gasteiger partial charge in [0, 0.05) is 4.47 Å². The van der Waals surface area contributed by atoms with E-state index in [1.165, 1.54) is 0 Å². The van der Waals surface area contributed by atoms with Crippen molar-refractivity contribution in [2.75, 3.05) is 6.61 Å². The van der Waals surface area contributed by atoms with Gasteiger partial charge in [-0.1, -0.05) is 47.1 Å². The van der Waals surface area contributed by atoms with Crippen LogP contribution < -0.4 is 5.32 Å². The maximum Gasteiger partial charge on any atom is 0.338 e. The lowest BCUT2D eigenvalue weighted by atomic mass is 10.0. The van der Waals surface area contributed by atoms with Gasteiger partial charge in [-0.05, 0) is 55.2 Å². The van der Waals surface area contributed by atoms with Gasteiger partial charge in [0.05, 0.1) is 11.6 Å². The first-order valence-corrected chi connectivity index (χ1v) is 8.99. The highest BCUT2D eigenvalue weighted by atomic mass is 79.9. The third-order valence-electron chi connectivity index (χ3n) is 4.17. The molecule has 0 spiro atoms. The highest BCUT2D eigenvalue weighted by Gasteiger charge is 2.16. The Bertz CT molecular complexity index is 756. The van der Waals surface area contributed by atoms with Crippen LogP contribution >= 0.6 is 15.9 Å². The number of halogens is 1. The molecule has 1 atom stereocenters. The van der Waals surface area contributed by atoms with Crippen molar-refractivity contribution in [3.63, 3.8) is 0 Å². The van der Waals surface area contributed by atoms with Crippen molar-refractivity contribution >= 4 is 27.8 Å². The minimum Gasteiger partial charge on any atom is -0.452 e. The maximum atomic E-state index is 12.2. The molecule has 2 aromatic rings. The second-order valence-corrected chi connectivity index (χ2v) is 6.82. The van der Waals surface area contributed by atoms with Gasteiger partial charge in [-0.15, -0.1) is 0 Å². The average Bonchev–Trinajstić information content (AvgIpc) is 2.61. The highest BCUT2D eigenvalue weighted by Crippen LogP contribution is 2.19. The lowest BCUT2D eigenvalue weighted by molar-refractivity contribution is -0.125. The number of amides is 1. The van der Waals surface area contributed by atoms with E-state index in [9.17, 15) is 9.59 Å². The van der Waals surface area contributed by atoms with Gasteiger partial charge in [-0.3, -0.25) is 4.79 Å². The topological polar surface area (TPSA) is 55.4 Å². The van der Waals surface area contributed by atoms with Gasteiger partial charge in [0.15, 0.2) is 6.61 Å². The van der Waals surface area contributed by atoms with E-state index in [1.807, 2.05) is 51.1 Å². The molecule has 1 amide bonds.